The van der Waals surface area contributed by atoms with Crippen LogP contribution in [0.5, 0.6) is 0 Å². The van der Waals surface area contributed by atoms with Crippen molar-refractivity contribution in [3.05, 3.63) is 35.0 Å². The Kier molecular flexibility index (Phi) is 3.39. The average molecular weight is 246 g/mol. The van der Waals surface area contributed by atoms with Gasteiger partial charge in [-0.05, 0) is 44.0 Å². The molecule has 0 fully saturated rings. The van der Waals surface area contributed by atoms with Crippen molar-refractivity contribution >= 4 is 16.8 Å². The summed E-state index contributed by atoms with van der Waals surface area (Å²) in [6.07, 6.45) is -0.540. The normalized spacial score (nSPS) is 12.7. The van der Waals surface area contributed by atoms with Crippen LogP contribution < -0.4 is 5.32 Å². The summed E-state index contributed by atoms with van der Waals surface area (Å²) in [5.74, 6) is -0.191. The summed E-state index contributed by atoms with van der Waals surface area (Å²) in [6, 6.07) is 5.96. The van der Waals surface area contributed by atoms with Gasteiger partial charge in [0.15, 0.2) is 0 Å². The number of aromatic nitrogens is 1. The highest BCUT2D eigenvalue weighted by atomic mass is 16.3. The smallest absolute Gasteiger partial charge is 0.267 e. The second kappa shape index (κ2) is 4.82. The first-order valence-electron chi connectivity index (χ1n) is 6.03. The van der Waals surface area contributed by atoms with Crippen LogP contribution in [-0.4, -0.2) is 28.6 Å². The number of benzene rings is 1. The van der Waals surface area contributed by atoms with E-state index in [2.05, 4.69) is 16.4 Å². The summed E-state index contributed by atoms with van der Waals surface area (Å²) in [5, 5.41) is 12.9. The maximum Gasteiger partial charge on any atom is 0.267 e. The zero-order chi connectivity index (χ0) is 13.3. The summed E-state index contributed by atoms with van der Waals surface area (Å²) >= 11 is 0. The van der Waals surface area contributed by atoms with Gasteiger partial charge in [-0.1, -0.05) is 6.07 Å². The number of hydrogen-bond donors (Lipinski definition) is 3. The van der Waals surface area contributed by atoms with Gasteiger partial charge in [-0.3, -0.25) is 4.79 Å². The van der Waals surface area contributed by atoms with Crippen molar-refractivity contribution in [3.63, 3.8) is 0 Å². The molecule has 0 saturated carbocycles. The number of aryl methyl sites for hydroxylation is 2. The molecule has 2 rings (SSSR count). The molecule has 1 aromatic heterocycles. The lowest BCUT2D eigenvalue weighted by molar-refractivity contribution is 0.0920. The fourth-order valence-corrected chi connectivity index (χ4v) is 2.06. The third kappa shape index (κ3) is 2.54. The average Bonchev–Trinajstić information content (AvgIpc) is 2.69. The maximum absolute atomic E-state index is 11.9. The maximum atomic E-state index is 11.9. The van der Waals surface area contributed by atoms with Crippen LogP contribution >= 0.6 is 0 Å². The van der Waals surface area contributed by atoms with Crippen molar-refractivity contribution in [2.75, 3.05) is 6.54 Å². The lowest BCUT2D eigenvalue weighted by Gasteiger charge is -2.05. The van der Waals surface area contributed by atoms with Gasteiger partial charge in [-0.2, -0.15) is 0 Å². The van der Waals surface area contributed by atoms with E-state index in [1.54, 1.807) is 6.92 Å². The third-order valence-electron chi connectivity index (χ3n) is 2.89. The van der Waals surface area contributed by atoms with Crippen LogP contribution in [0.1, 0.15) is 28.5 Å². The van der Waals surface area contributed by atoms with Crippen molar-refractivity contribution in [1.82, 2.24) is 10.3 Å². The molecule has 0 radical (unpaired) electrons. The molecule has 18 heavy (non-hydrogen) atoms. The molecule has 0 spiro atoms. The van der Waals surface area contributed by atoms with Gasteiger partial charge in [-0.25, -0.2) is 0 Å². The van der Waals surface area contributed by atoms with E-state index in [1.165, 1.54) is 0 Å². The molecule has 3 N–H and O–H groups in total. The van der Waals surface area contributed by atoms with Gasteiger partial charge in [0.2, 0.25) is 0 Å². The number of amides is 1. The lowest BCUT2D eigenvalue weighted by Crippen LogP contribution is -2.30. The van der Waals surface area contributed by atoms with E-state index in [9.17, 15) is 4.79 Å². The number of carbonyl (C=O) groups is 1. The summed E-state index contributed by atoms with van der Waals surface area (Å²) in [4.78, 5) is 15.0. The highest BCUT2D eigenvalue weighted by molar-refractivity contribution is 5.98. The Labute approximate surface area is 106 Å². The van der Waals surface area contributed by atoms with Crippen LogP contribution in [0, 0.1) is 13.8 Å². The molecule has 0 aliphatic heterocycles. The highest BCUT2D eigenvalue weighted by Crippen LogP contribution is 2.21. The first-order chi connectivity index (χ1) is 8.47. The summed E-state index contributed by atoms with van der Waals surface area (Å²) in [6.45, 7) is 5.95. The van der Waals surface area contributed by atoms with E-state index < -0.39 is 6.10 Å². The van der Waals surface area contributed by atoms with Gasteiger partial charge in [0.1, 0.15) is 5.69 Å². The van der Waals surface area contributed by atoms with Crippen molar-refractivity contribution < 1.29 is 9.90 Å². The van der Waals surface area contributed by atoms with Crippen molar-refractivity contribution in [2.45, 2.75) is 26.9 Å². The Bertz CT molecular complexity index is 585. The lowest BCUT2D eigenvalue weighted by atomic mass is 10.1. The zero-order valence-corrected chi connectivity index (χ0v) is 10.9. The van der Waals surface area contributed by atoms with Crippen LogP contribution in [0.3, 0.4) is 0 Å². The van der Waals surface area contributed by atoms with E-state index in [-0.39, 0.29) is 12.5 Å². The molecule has 0 aliphatic rings. The number of aromatic amines is 1. The summed E-state index contributed by atoms with van der Waals surface area (Å²) in [7, 11) is 0. The standard InChI is InChI=1S/C14H18N2O2/c1-8-4-9(2)11-6-13(16-12(11)5-8)14(18)15-7-10(3)17/h4-6,10,16-17H,7H2,1-3H3,(H,15,18)/t10-/m1/s1. The van der Waals surface area contributed by atoms with Crippen LogP contribution in [0.25, 0.3) is 10.9 Å². The fraction of sp³-hybridized carbons (Fsp3) is 0.357. The zero-order valence-electron chi connectivity index (χ0n) is 10.9. The van der Waals surface area contributed by atoms with Crippen molar-refractivity contribution in [1.29, 1.82) is 0 Å². The van der Waals surface area contributed by atoms with E-state index in [4.69, 9.17) is 5.11 Å². The number of carbonyl (C=O) groups excluding carboxylic acids is 1. The molecule has 1 amide bonds. The summed E-state index contributed by atoms with van der Waals surface area (Å²) < 4.78 is 0. The fourth-order valence-electron chi connectivity index (χ4n) is 2.06. The van der Waals surface area contributed by atoms with Gasteiger partial charge >= 0.3 is 0 Å². The Morgan fingerprint density at radius 1 is 1.39 bits per heavy atom. The van der Waals surface area contributed by atoms with E-state index in [0.717, 1.165) is 22.0 Å². The third-order valence-corrected chi connectivity index (χ3v) is 2.89. The number of aliphatic hydroxyl groups excluding tert-OH is 1. The van der Waals surface area contributed by atoms with Crippen LogP contribution in [0.4, 0.5) is 0 Å². The second-order valence-corrected chi connectivity index (χ2v) is 4.79. The first kappa shape index (κ1) is 12.6. The molecule has 0 unspecified atom stereocenters. The van der Waals surface area contributed by atoms with Crippen LogP contribution in [0.15, 0.2) is 18.2 Å². The number of fused-ring (bicyclic) bond motifs is 1. The molecule has 1 heterocycles. The molecule has 0 aliphatic carbocycles. The Morgan fingerprint density at radius 2 is 2.11 bits per heavy atom. The van der Waals surface area contributed by atoms with Crippen molar-refractivity contribution in [3.8, 4) is 0 Å². The molecule has 96 valence electrons. The number of nitrogens with one attached hydrogen (secondary N) is 2. The Morgan fingerprint density at radius 3 is 2.78 bits per heavy atom. The molecule has 1 atom stereocenters. The largest absolute Gasteiger partial charge is 0.392 e. The molecular formula is C14H18N2O2. The van der Waals surface area contributed by atoms with Gasteiger partial charge in [0.25, 0.3) is 5.91 Å². The minimum Gasteiger partial charge on any atom is -0.392 e. The number of aliphatic hydroxyl groups is 1. The molecule has 0 saturated heterocycles. The number of hydrogen-bond acceptors (Lipinski definition) is 2. The molecule has 1 aromatic carbocycles. The van der Waals surface area contributed by atoms with Gasteiger partial charge in [0, 0.05) is 17.4 Å². The number of rotatable bonds is 3. The van der Waals surface area contributed by atoms with E-state index >= 15 is 0 Å². The molecule has 4 heteroatoms. The minimum atomic E-state index is -0.540. The van der Waals surface area contributed by atoms with E-state index in [0.29, 0.717) is 5.69 Å². The Balaban J connectivity index is 2.30. The molecular weight excluding hydrogens is 228 g/mol. The van der Waals surface area contributed by atoms with Gasteiger partial charge < -0.3 is 15.4 Å². The van der Waals surface area contributed by atoms with Gasteiger partial charge in [0.05, 0.1) is 6.10 Å². The van der Waals surface area contributed by atoms with Gasteiger partial charge in [-0.15, -0.1) is 0 Å². The molecule has 4 nitrogen and oxygen atoms in total. The Hall–Kier alpha value is -1.81. The first-order valence-corrected chi connectivity index (χ1v) is 6.03. The second-order valence-electron chi connectivity index (χ2n) is 4.79. The van der Waals surface area contributed by atoms with Crippen LogP contribution in [0.2, 0.25) is 0 Å². The van der Waals surface area contributed by atoms with Crippen LogP contribution in [-0.2, 0) is 0 Å². The monoisotopic (exact) mass is 246 g/mol. The summed E-state index contributed by atoms with van der Waals surface area (Å²) in [5.41, 5.74) is 3.81. The molecule has 2 aromatic rings. The molecule has 0 bridgehead atoms. The number of H-pyrrole nitrogens is 1. The SMILES string of the molecule is Cc1cc(C)c2cc(C(=O)NC[C@@H](C)O)[nH]c2c1. The minimum absolute atomic E-state index is 0.191. The van der Waals surface area contributed by atoms with Crippen molar-refractivity contribution in [2.24, 2.45) is 0 Å². The predicted octanol–water partition coefficient (Wildman–Crippen LogP) is 1.90. The quantitative estimate of drug-likeness (QED) is 0.774. The highest BCUT2D eigenvalue weighted by Gasteiger charge is 2.11. The van der Waals surface area contributed by atoms with E-state index in [1.807, 2.05) is 26.0 Å². The topological polar surface area (TPSA) is 65.1 Å². The predicted molar refractivity (Wildman–Crippen MR) is 71.8 cm³/mol.